The lowest BCUT2D eigenvalue weighted by atomic mass is 9.96. The average molecular weight is 979 g/mol. The minimum Gasteiger partial charge on any atom is -0.469 e. The van der Waals surface area contributed by atoms with E-state index in [0.29, 0.717) is 76.7 Å². The van der Waals surface area contributed by atoms with Crippen LogP contribution in [0.15, 0.2) is 0 Å². The summed E-state index contributed by atoms with van der Waals surface area (Å²) < 4.78 is 16.3. The molecule has 3 atom stereocenters. The van der Waals surface area contributed by atoms with Crippen LogP contribution in [0.3, 0.4) is 0 Å². The Labute approximate surface area is 425 Å². The molecule has 0 saturated heterocycles. The Balaban J connectivity index is 5.30. The highest BCUT2D eigenvalue weighted by molar-refractivity contribution is 5.87. The zero-order chi connectivity index (χ0) is 51.0. The van der Waals surface area contributed by atoms with Gasteiger partial charge in [-0.15, -0.1) is 0 Å². The van der Waals surface area contributed by atoms with Crippen LogP contribution in [0.2, 0.25) is 0 Å². The molecule has 3 unspecified atom stereocenters. The number of carbonyl (C=O) groups is 5. The summed E-state index contributed by atoms with van der Waals surface area (Å²) in [4.78, 5) is 69.2. The fraction of sp³-hybridized carbons (Fsp3) is 0.914. The second kappa shape index (κ2) is 48.9. The molecule has 0 aliphatic heterocycles. The van der Waals surface area contributed by atoms with Crippen LogP contribution < -0.4 is 5.32 Å². The lowest BCUT2D eigenvalue weighted by molar-refractivity contribution is -0.146. The molecule has 0 aliphatic carbocycles. The predicted octanol–water partition coefficient (Wildman–Crippen LogP) is 14.3. The minimum atomic E-state index is -0.532. The van der Waals surface area contributed by atoms with E-state index in [0.717, 1.165) is 135 Å². The molecule has 0 radical (unpaired) electrons. The van der Waals surface area contributed by atoms with E-state index >= 15 is 0 Å². The van der Waals surface area contributed by atoms with Gasteiger partial charge in [-0.3, -0.25) is 24.0 Å². The standard InChI is InChI=1S/C58H111N3O8/c1-8-14-18-28-39-51(37-16-10-3)49-68-56(64)44-32-25-21-20-23-30-41-53(58(66)59-46-35-27-34-43-55(63)67-7)61(48-36-47-60(12-5)13-6)54(62)42-31-24-22-26-33-45-57(65)69-50-52(38-17-11-4)40-29-19-15-9-2/h51-53H,8-50H2,1-7H3,(H,59,66). The number of methoxy groups -OCH3 is 1. The molecular formula is C58H111N3O8. The number of amides is 2. The summed E-state index contributed by atoms with van der Waals surface area (Å²) in [6.07, 6.45) is 34.7. The first kappa shape index (κ1) is 66.3. The van der Waals surface area contributed by atoms with Crippen molar-refractivity contribution in [3.05, 3.63) is 0 Å². The molecular weight excluding hydrogens is 867 g/mol. The third kappa shape index (κ3) is 39.6. The highest BCUT2D eigenvalue weighted by Crippen LogP contribution is 2.21. The zero-order valence-corrected chi connectivity index (χ0v) is 46.3. The van der Waals surface area contributed by atoms with E-state index in [1.165, 1.54) is 84.2 Å². The second-order valence-electron chi connectivity index (χ2n) is 20.2. The van der Waals surface area contributed by atoms with Crippen LogP contribution in [-0.4, -0.2) is 98.6 Å². The van der Waals surface area contributed by atoms with Crippen LogP contribution in [-0.2, 0) is 38.2 Å². The monoisotopic (exact) mass is 978 g/mol. The molecule has 0 fully saturated rings. The number of hydrogen-bond acceptors (Lipinski definition) is 9. The Kier molecular flexibility index (Phi) is 47.0. The van der Waals surface area contributed by atoms with E-state index in [2.05, 4.69) is 51.8 Å². The number of esters is 3. The maximum atomic E-state index is 14.1. The highest BCUT2D eigenvalue weighted by Gasteiger charge is 2.29. The van der Waals surface area contributed by atoms with Crippen molar-refractivity contribution >= 4 is 29.7 Å². The molecule has 0 bridgehead atoms. The molecule has 0 saturated carbocycles. The Morgan fingerprint density at radius 2 is 0.826 bits per heavy atom. The number of hydrogen-bond donors (Lipinski definition) is 1. The first-order valence-corrected chi connectivity index (χ1v) is 29.3. The fourth-order valence-corrected chi connectivity index (χ4v) is 9.32. The lowest BCUT2D eigenvalue weighted by Crippen LogP contribution is -2.50. The molecule has 0 rings (SSSR count). The largest absolute Gasteiger partial charge is 0.469 e. The van der Waals surface area contributed by atoms with Crippen molar-refractivity contribution in [2.75, 3.05) is 53.0 Å². The van der Waals surface area contributed by atoms with Crippen LogP contribution in [0.1, 0.15) is 273 Å². The van der Waals surface area contributed by atoms with Gasteiger partial charge in [-0.05, 0) is 102 Å². The number of nitrogens with zero attached hydrogens (tertiary/aromatic N) is 2. The van der Waals surface area contributed by atoms with Gasteiger partial charge in [-0.2, -0.15) is 0 Å². The number of unbranched alkanes of at least 4 members (excludes halogenated alkanes) is 19. The van der Waals surface area contributed by atoms with Crippen LogP contribution in [0.4, 0.5) is 0 Å². The molecule has 406 valence electrons. The molecule has 0 spiro atoms. The smallest absolute Gasteiger partial charge is 0.305 e. The summed E-state index contributed by atoms with van der Waals surface area (Å²) in [5, 5.41) is 3.16. The van der Waals surface area contributed by atoms with Crippen molar-refractivity contribution in [2.24, 2.45) is 11.8 Å². The van der Waals surface area contributed by atoms with Gasteiger partial charge in [0.1, 0.15) is 6.04 Å². The van der Waals surface area contributed by atoms with Gasteiger partial charge in [0, 0.05) is 38.8 Å². The maximum absolute atomic E-state index is 14.1. The zero-order valence-electron chi connectivity index (χ0n) is 46.3. The molecule has 11 heteroatoms. The van der Waals surface area contributed by atoms with Gasteiger partial charge in [-0.25, -0.2) is 0 Å². The number of nitrogens with one attached hydrogen (secondary N) is 1. The van der Waals surface area contributed by atoms with E-state index in [4.69, 9.17) is 14.2 Å². The first-order valence-electron chi connectivity index (χ1n) is 29.3. The topological polar surface area (TPSA) is 132 Å². The quantitative estimate of drug-likeness (QED) is 0.0359. The number of ether oxygens (including phenoxy) is 3. The van der Waals surface area contributed by atoms with Gasteiger partial charge in [-0.1, -0.05) is 176 Å². The van der Waals surface area contributed by atoms with Crippen molar-refractivity contribution in [1.82, 2.24) is 15.1 Å². The van der Waals surface area contributed by atoms with E-state index in [1.807, 2.05) is 4.90 Å². The molecule has 1 N–H and O–H groups in total. The van der Waals surface area contributed by atoms with E-state index in [-0.39, 0.29) is 29.7 Å². The van der Waals surface area contributed by atoms with Gasteiger partial charge in [0.2, 0.25) is 11.8 Å². The minimum absolute atomic E-state index is 0.0451. The third-order valence-electron chi connectivity index (χ3n) is 14.1. The number of carbonyl (C=O) groups excluding carboxylic acids is 5. The van der Waals surface area contributed by atoms with Crippen LogP contribution in [0, 0.1) is 11.8 Å². The SMILES string of the molecule is CCCCCCC(CCCC)COC(=O)CCCCCCCCC(C(=O)NCCCCCC(=O)OC)N(CCCN(CC)CC)C(=O)CCCCCCCC(=O)OCC(CCCC)CCCCCC. The van der Waals surface area contributed by atoms with Gasteiger partial charge < -0.3 is 29.3 Å². The second-order valence-corrected chi connectivity index (χ2v) is 20.2. The van der Waals surface area contributed by atoms with E-state index in [1.54, 1.807) is 0 Å². The van der Waals surface area contributed by atoms with Gasteiger partial charge >= 0.3 is 17.9 Å². The normalized spacial score (nSPS) is 12.7. The third-order valence-corrected chi connectivity index (χ3v) is 14.1. The van der Waals surface area contributed by atoms with Crippen molar-refractivity contribution in [3.8, 4) is 0 Å². The maximum Gasteiger partial charge on any atom is 0.305 e. The number of rotatable bonds is 51. The Morgan fingerprint density at radius 1 is 0.420 bits per heavy atom. The molecule has 0 heterocycles. The molecule has 0 aromatic carbocycles. The van der Waals surface area contributed by atoms with Crippen molar-refractivity contribution in [3.63, 3.8) is 0 Å². The summed E-state index contributed by atoms with van der Waals surface area (Å²) in [5.74, 6) is 0.533. The van der Waals surface area contributed by atoms with Gasteiger partial charge in [0.25, 0.3) is 0 Å². The molecule has 0 aromatic heterocycles. The lowest BCUT2D eigenvalue weighted by Gasteiger charge is -2.32. The highest BCUT2D eigenvalue weighted by atomic mass is 16.5. The van der Waals surface area contributed by atoms with Crippen LogP contribution >= 0.6 is 0 Å². The Morgan fingerprint density at radius 3 is 1.30 bits per heavy atom. The first-order chi connectivity index (χ1) is 33.6. The van der Waals surface area contributed by atoms with E-state index < -0.39 is 6.04 Å². The summed E-state index contributed by atoms with van der Waals surface area (Å²) in [7, 11) is 1.40. The van der Waals surface area contributed by atoms with E-state index in [9.17, 15) is 24.0 Å². The predicted molar refractivity (Wildman–Crippen MR) is 286 cm³/mol. The fourth-order valence-electron chi connectivity index (χ4n) is 9.32. The van der Waals surface area contributed by atoms with Crippen LogP contribution in [0.25, 0.3) is 0 Å². The Bertz CT molecular complexity index is 1230. The van der Waals surface area contributed by atoms with Gasteiger partial charge in [0.15, 0.2) is 0 Å². The van der Waals surface area contributed by atoms with Crippen LogP contribution in [0.5, 0.6) is 0 Å². The summed E-state index contributed by atoms with van der Waals surface area (Å²) in [6, 6.07) is -0.532. The summed E-state index contributed by atoms with van der Waals surface area (Å²) in [6.45, 7) is 18.1. The average Bonchev–Trinajstić information content (AvgIpc) is 3.35. The van der Waals surface area contributed by atoms with Crippen molar-refractivity contribution in [1.29, 1.82) is 0 Å². The molecule has 11 nitrogen and oxygen atoms in total. The Hall–Kier alpha value is -2.69. The van der Waals surface area contributed by atoms with Gasteiger partial charge in [0.05, 0.1) is 20.3 Å². The summed E-state index contributed by atoms with van der Waals surface area (Å²) in [5.41, 5.74) is 0. The molecule has 0 aromatic rings. The van der Waals surface area contributed by atoms with Crippen molar-refractivity contribution < 1.29 is 38.2 Å². The molecule has 69 heavy (non-hydrogen) atoms. The molecule has 2 amide bonds. The van der Waals surface area contributed by atoms with Crippen molar-refractivity contribution in [2.45, 2.75) is 279 Å². The molecule has 0 aliphatic rings. The summed E-state index contributed by atoms with van der Waals surface area (Å²) >= 11 is 0.